The number of ether oxygens (including phenoxy) is 1. The van der Waals surface area contributed by atoms with Crippen LogP contribution >= 0.6 is 0 Å². The molecule has 0 spiro atoms. The van der Waals surface area contributed by atoms with E-state index in [1.807, 2.05) is 18.2 Å². The summed E-state index contributed by atoms with van der Waals surface area (Å²) in [6.07, 6.45) is 4.81. The molecule has 66 valence electrons. The predicted molar refractivity (Wildman–Crippen MR) is 54.0 cm³/mol. The number of allylic oxidation sites excluding steroid dienone is 2. The Balaban J connectivity index is 2.33. The summed E-state index contributed by atoms with van der Waals surface area (Å²) in [4.78, 5) is 0. The summed E-state index contributed by atoms with van der Waals surface area (Å²) in [6, 6.07) is 8.27. The molecule has 0 fully saturated rings. The molecule has 1 heteroatoms. The van der Waals surface area contributed by atoms with Crippen molar-refractivity contribution in [3.8, 4) is 0 Å². The molecule has 0 amide bonds. The molecule has 1 aromatic rings. The number of rotatable bonds is 2. The highest BCUT2D eigenvalue weighted by Crippen LogP contribution is 2.29. The van der Waals surface area contributed by atoms with E-state index in [4.69, 9.17) is 4.74 Å². The topological polar surface area (TPSA) is 9.23 Å². The fourth-order valence-electron chi connectivity index (χ4n) is 1.48. The molecule has 1 aliphatic rings. The summed E-state index contributed by atoms with van der Waals surface area (Å²) in [5, 5.41) is 0. The first-order chi connectivity index (χ1) is 6.42. The summed E-state index contributed by atoms with van der Waals surface area (Å²) in [5.74, 6) is 0.996. The minimum atomic E-state index is 0.707. The number of fused-ring (bicyclic) bond motifs is 1. The van der Waals surface area contributed by atoms with Gasteiger partial charge in [-0.2, -0.15) is 0 Å². The van der Waals surface area contributed by atoms with Crippen LogP contribution in [0.3, 0.4) is 0 Å². The van der Waals surface area contributed by atoms with Gasteiger partial charge in [-0.05, 0) is 12.5 Å². The third-order valence-electron chi connectivity index (χ3n) is 2.14. The van der Waals surface area contributed by atoms with Gasteiger partial charge in [0.2, 0.25) is 0 Å². The summed E-state index contributed by atoms with van der Waals surface area (Å²) in [6.45, 7) is 4.38. The molecule has 0 N–H and O–H groups in total. The van der Waals surface area contributed by atoms with E-state index in [0.717, 1.165) is 12.2 Å². The van der Waals surface area contributed by atoms with Gasteiger partial charge in [0.25, 0.3) is 0 Å². The molecule has 0 radical (unpaired) electrons. The summed E-state index contributed by atoms with van der Waals surface area (Å²) in [7, 11) is 0. The highest BCUT2D eigenvalue weighted by atomic mass is 16.5. The van der Waals surface area contributed by atoms with Gasteiger partial charge in [0.05, 0.1) is 0 Å². The Morgan fingerprint density at radius 1 is 1.38 bits per heavy atom. The van der Waals surface area contributed by atoms with Gasteiger partial charge in [0.1, 0.15) is 12.4 Å². The van der Waals surface area contributed by atoms with E-state index in [1.54, 1.807) is 0 Å². The standard InChI is InChI=1S/C12H12O/c1-2-3-8-12-11-7-5-4-6-10(11)9-13-12/h2,4-8H,1,3,9H2/b12-8-. The SMILES string of the molecule is C=CC/C=C1\OCc2ccccc21. The molecule has 1 nitrogen and oxygen atoms in total. The molecule has 1 aromatic carbocycles. The van der Waals surface area contributed by atoms with Crippen molar-refractivity contribution in [1.82, 2.24) is 0 Å². The second-order valence-electron chi connectivity index (χ2n) is 3.04. The lowest BCUT2D eigenvalue weighted by Gasteiger charge is -1.97. The van der Waals surface area contributed by atoms with Crippen molar-refractivity contribution >= 4 is 5.76 Å². The predicted octanol–water partition coefficient (Wildman–Crippen LogP) is 3.13. The van der Waals surface area contributed by atoms with E-state index in [2.05, 4.69) is 24.8 Å². The van der Waals surface area contributed by atoms with E-state index in [9.17, 15) is 0 Å². The van der Waals surface area contributed by atoms with Crippen molar-refractivity contribution in [2.24, 2.45) is 0 Å². The fourth-order valence-corrected chi connectivity index (χ4v) is 1.48. The van der Waals surface area contributed by atoms with E-state index in [-0.39, 0.29) is 0 Å². The molecule has 1 heterocycles. The Morgan fingerprint density at radius 3 is 3.08 bits per heavy atom. The molecule has 0 saturated heterocycles. The van der Waals surface area contributed by atoms with Crippen LogP contribution in [0.15, 0.2) is 43.0 Å². The molecule has 0 aliphatic carbocycles. The van der Waals surface area contributed by atoms with Crippen molar-refractivity contribution in [1.29, 1.82) is 0 Å². The Bertz CT molecular complexity index is 350. The van der Waals surface area contributed by atoms with E-state index in [0.29, 0.717) is 6.61 Å². The Labute approximate surface area is 78.3 Å². The lowest BCUT2D eigenvalue weighted by atomic mass is 10.1. The first-order valence-electron chi connectivity index (χ1n) is 4.44. The van der Waals surface area contributed by atoms with Crippen LogP contribution in [0.4, 0.5) is 0 Å². The van der Waals surface area contributed by atoms with Crippen LogP contribution in [-0.4, -0.2) is 0 Å². The van der Waals surface area contributed by atoms with Crippen molar-refractivity contribution in [3.05, 3.63) is 54.1 Å². The van der Waals surface area contributed by atoms with E-state index >= 15 is 0 Å². The normalized spacial score (nSPS) is 16.8. The zero-order valence-electron chi connectivity index (χ0n) is 7.49. The minimum Gasteiger partial charge on any atom is -0.489 e. The maximum Gasteiger partial charge on any atom is 0.123 e. The molecule has 0 bridgehead atoms. The highest BCUT2D eigenvalue weighted by Gasteiger charge is 2.15. The molecular formula is C12H12O. The molecular weight excluding hydrogens is 160 g/mol. The van der Waals surface area contributed by atoms with Gasteiger partial charge in [0, 0.05) is 11.1 Å². The van der Waals surface area contributed by atoms with Gasteiger partial charge < -0.3 is 4.74 Å². The van der Waals surface area contributed by atoms with Crippen molar-refractivity contribution in [2.75, 3.05) is 0 Å². The smallest absolute Gasteiger partial charge is 0.123 e. The molecule has 0 aromatic heterocycles. The number of benzene rings is 1. The van der Waals surface area contributed by atoms with Gasteiger partial charge in [0.15, 0.2) is 0 Å². The number of hydrogen-bond acceptors (Lipinski definition) is 1. The minimum absolute atomic E-state index is 0.707. The van der Waals surface area contributed by atoms with Gasteiger partial charge in [-0.3, -0.25) is 0 Å². The summed E-state index contributed by atoms with van der Waals surface area (Å²) < 4.78 is 5.54. The van der Waals surface area contributed by atoms with Crippen molar-refractivity contribution < 1.29 is 4.74 Å². The molecule has 1 aliphatic heterocycles. The third-order valence-corrected chi connectivity index (χ3v) is 2.14. The molecule has 13 heavy (non-hydrogen) atoms. The van der Waals surface area contributed by atoms with Gasteiger partial charge in [-0.1, -0.05) is 30.3 Å². The first-order valence-corrected chi connectivity index (χ1v) is 4.44. The van der Waals surface area contributed by atoms with Crippen LogP contribution in [0, 0.1) is 0 Å². The molecule has 0 unspecified atom stereocenters. The summed E-state index contributed by atoms with van der Waals surface area (Å²) in [5.41, 5.74) is 2.50. The van der Waals surface area contributed by atoms with Crippen molar-refractivity contribution in [3.63, 3.8) is 0 Å². The van der Waals surface area contributed by atoms with Gasteiger partial charge in [-0.15, -0.1) is 6.58 Å². The van der Waals surface area contributed by atoms with E-state index < -0.39 is 0 Å². The molecule has 0 atom stereocenters. The summed E-state index contributed by atoms with van der Waals surface area (Å²) >= 11 is 0. The second kappa shape index (κ2) is 3.48. The maximum absolute atomic E-state index is 5.54. The van der Waals surface area contributed by atoms with Crippen LogP contribution in [0.2, 0.25) is 0 Å². The van der Waals surface area contributed by atoms with Crippen LogP contribution in [0.5, 0.6) is 0 Å². The molecule has 2 rings (SSSR count). The zero-order chi connectivity index (χ0) is 9.10. The Hall–Kier alpha value is -1.50. The fraction of sp³-hybridized carbons (Fsp3) is 0.167. The third kappa shape index (κ3) is 1.50. The van der Waals surface area contributed by atoms with Gasteiger partial charge in [-0.25, -0.2) is 0 Å². The van der Waals surface area contributed by atoms with E-state index in [1.165, 1.54) is 11.1 Å². The Morgan fingerprint density at radius 2 is 2.23 bits per heavy atom. The lowest BCUT2D eigenvalue weighted by Crippen LogP contribution is -1.78. The monoisotopic (exact) mass is 172 g/mol. The molecule has 0 saturated carbocycles. The average molecular weight is 172 g/mol. The van der Waals surface area contributed by atoms with Gasteiger partial charge >= 0.3 is 0 Å². The largest absolute Gasteiger partial charge is 0.489 e. The number of hydrogen-bond donors (Lipinski definition) is 0. The Kier molecular flexibility index (Phi) is 2.17. The first kappa shape index (κ1) is 8.11. The lowest BCUT2D eigenvalue weighted by molar-refractivity contribution is 0.285. The second-order valence-corrected chi connectivity index (χ2v) is 3.04. The van der Waals surface area contributed by atoms with Crippen molar-refractivity contribution in [2.45, 2.75) is 13.0 Å². The quantitative estimate of drug-likeness (QED) is 0.623. The van der Waals surface area contributed by atoms with Crippen LogP contribution in [-0.2, 0) is 11.3 Å². The maximum atomic E-state index is 5.54. The highest BCUT2D eigenvalue weighted by molar-refractivity contribution is 5.66. The van der Waals surface area contributed by atoms with Crippen LogP contribution in [0.1, 0.15) is 17.5 Å². The van der Waals surface area contributed by atoms with Crippen LogP contribution < -0.4 is 0 Å². The zero-order valence-corrected chi connectivity index (χ0v) is 7.49. The van der Waals surface area contributed by atoms with Crippen LogP contribution in [0.25, 0.3) is 5.76 Å². The average Bonchev–Trinajstić information content (AvgIpc) is 2.58.